The van der Waals surface area contributed by atoms with Gasteiger partial charge in [0.05, 0.1) is 0 Å². The van der Waals surface area contributed by atoms with Crippen LogP contribution in [0.2, 0.25) is 0 Å². The Hall–Kier alpha value is -3.99. The van der Waals surface area contributed by atoms with Crippen LogP contribution in [-0.4, -0.2) is 15.9 Å². The molecule has 1 amide bonds. The van der Waals surface area contributed by atoms with Gasteiger partial charge >= 0.3 is 0 Å². The summed E-state index contributed by atoms with van der Waals surface area (Å²) < 4.78 is 5.91. The van der Waals surface area contributed by atoms with Gasteiger partial charge in [-0.3, -0.25) is 4.79 Å². The van der Waals surface area contributed by atoms with E-state index in [2.05, 4.69) is 21.4 Å². The number of nitrogens with zero attached hydrogens (tertiary/aromatic N) is 2. The molecule has 3 aromatic carbocycles. The lowest BCUT2D eigenvalue weighted by molar-refractivity contribution is 0.102. The second-order valence-electron chi connectivity index (χ2n) is 7.54. The average Bonchev–Trinajstić information content (AvgIpc) is 2.74. The van der Waals surface area contributed by atoms with Crippen molar-refractivity contribution in [3.63, 3.8) is 0 Å². The molecule has 1 heterocycles. The van der Waals surface area contributed by atoms with Crippen LogP contribution in [0, 0.1) is 20.8 Å². The predicted octanol–water partition coefficient (Wildman–Crippen LogP) is 6.11. The number of anilines is 1. The Morgan fingerprint density at radius 1 is 0.839 bits per heavy atom. The van der Waals surface area contributed by atoms with Crippen molar-refractivity contribution in [3.8, 4) is 23.0 Å². The third-order valence-corrected chi connectivity index (χ3v) is 4.74. The minimum absolute atomic E-state index is 0.196. The van der Waals surface area contributed by atoms with Gasteiger partial charge in [0.1, 0.15) is 5.75 Å². The van der Waals surface area contributed by atoms with E-state index in [4.69, 9.17) is 4.74 Å². The zero-order chi connectivity index (χ0) is 21.8. The molecule has 0 saturated carbocycles. The van der Waals surface area contributed by atoms with Crippen LogP contribution in [0.5, 0.6) is 11.6 Å². The molecule has 4 rings (SSSR count). The number of benzene rings is 3. The lowest BCUT2D eigenvalue weighted by Gasteiger charge is -2.10. The van der Waals surface area contributed by atoms with Gasteiger partial charge in [-0.2, -0.15) is 4.98 Å². The van der Waals surface area contributed by atoms with Crippen LogP contribution in [-0.2, 0) is 0 Å². The van der Waals surface area contributed by atoms with E-state index < -0.39 is 0 Å². The molecular formula is C26H23N3O2. The standard InChI is InChI=1S/C26H23N3O2/c1-17-7-9-20(10-8-17)25-27-12-11-24(29-25)31-23-6-4-5-21(16-23)26(30)28-22-14-18(2)13-19(3)15-22/h4-16H,1-3H3,(H,28,30). The lowest BCUT2D eigenvalue weighted by atomic mass is 10.1. The van der Waals surface area contributed by atoms with E-state index in [1.54, 1.807) is 36.5 Å². The summed E-state index contributed by atoms with van der Waals surface area (Å²) >= 11 is 0. The highest BCUT2D eigenvalue weighted by Crippen LogP contribution is 2.24. The van der Waals surface area contributed by atoms with Gasteiger partial charge in [-0.25, -0.2) is 4.98 Å². The maximum atomic E-state index is 12.7. The number of carbonyl (C=O) groups is 1. The predicted molar refractivity (Wildman–Crippen MR) is 123 cm³/mol. The van der Waals surface area contributed by atoms with E-state index in [1.807, 2.05) is 57.2 Å². The Balaban J connectivity index is 1.51. The zero-order valence-electron chi connectivity index (χ0n) is 17.7. The molecular weight excluding hydrogens is 386 g/mol. The highest BCUT2D eigenvalue weighted by atomic mass is 16.5. The van der Waals surface area contributed by atoms with Gasteiger partial charge in [0.15, 0.2) is 5.82 Å². The van der Waals surface area contributed by atoms with E-state index in [9.17, 15) is 4.79 Å². The van der Waals surface area contributed by atoms with Crippen LogP contribution >= 0.6 is 0 Å². The third kappa shape index (κ3) is 5.14. The summed E-state index contributed by atoms with van der Waals surface area (Å²) in [4.78, 5) is 21.5. The Morgan fingerprint density at radius 3 is 2.32 bits per heavy atom. The summed E-state index contributed by atoms with van der Waals surface area (Å²) in [7, 11) is 0. The molecule has 0 aliphatic rings. The number of hydrogen-bond donors (Lipinski definition) is 1. The molecule has 5 nitrogen and oxygen atoms in total. The first-order valence-corrected chi connectivity index (χ1v) is 10.0. The van der Waals surface area contributed by atoms with Crippen LogP contribution in [0.1, 0.15) is 27.0 Å². The van der Waals surface area contributed by atoms with Crippen LogP contribution in [0.4, 0.5) is 5.69 Å². The van der Waals surface area contributed by atoms with E-state index in [0.29, 0.717) is 23.0 Å². The molecule has 4 aromatic rings. The fourth-order valence-corrected chi connectivity index (χ4v) is 3.31. The van der Waals surface area contributed by atoms with Gasteiger partial charge in [-0.1, -0.05) is 42.0 Å². The van der Waals surface area contributed by atoms with Gasteiger partial charge in [0.25, 0.3) is 5.91 Å². The normalized spacial score (nSPS) is 10.5. The van der Waals surface area contributed by atoms with Gasteiger partial charge in [-0.05, 0) is 62.2 Å². The zero-order valence-corrected chi connectivity index (χ0v) is 17.7. The first kappa shape index (κ1) is 20.3. The number of hydrogen-bond acceptors (Lipinski definition) is 4. The summed E-state index contributed by atoms with van der Waals surface area (Å²) in [6, 6.07) is 22.7. The summed E-state index contributed by atoms with van der Waals surface area (Å²) in [5.41, 5.74) is 5.56. The largest absolute Gasteiger partial charge is 0.439 e. The van der Waals surface area contributed by atoms with Crippen LogP contribution in [0.3, 0.4) is 0 Å². The summed E-state index contributed by atoms with van der Waals surface area (Å²) in [5.74, 6) is 1.33. The first-order chi connectivity index (χ1) is 15.0. The molecule has 1 N–H and O–H groups in total. The van der Waals surface area contributed by atoms with Crippen LogP contribution in [0.25, 0.3) is 11.4 Å². The molecule has 0 radical (unpaired) electrons. The molecule has 1 aromatic heterocycles. The molecule has 0 fully saturated rings. The molecule has 0 spiro atoms. The Morgan fingerprint density at radius 2 is 1.58 bits per heavy atom. The monoisotopic (exact) mass is 409 g/mol. The van der Waals surface area contributed by atoms with Crippen molar-refractivity contribution < 1.29 is 9.53 Å². The van der Waals surface area contributed by atoms with Gasteiger partial charge in [0, 0.05) is 29.1 Å². The molecule has 0 bridgehead atoms. The maximum absolute atomic E-state index is 12.7. The topological polar surface area (TPSA) is 64.1 Å². The number of amides is 1. The Bertz CT molecular complexity index is 1210. The highest BCUT2D eigenvalue weighted by molar-refractivity contribution is 6.04. The molecule has 0 saturated heterocycles. The average molecular weight is 409 g/mol. The number of aryl methyl sites for hydroxylation is 3. The number of rotatable bonds is 5. The van der Waals surface area contributed by atoms with Crippen LogP contribution in [0.15, 0.2) is 79.0 Å². The van der Waals surface area contributed by atoms with Gasteiger partial charge in [0.2, 0.25) is 5.88 Å². The van der Waals surface area contributed by atoms with Crippen molar-refractivity contribution in [3.05, 3.63) is 101 Å². The van der Waals surface area contributed by atoms with Crippen molar-refractivity contribution in [2.45, 2.75) is 20.8 Å². The molecule has 0 aliphatic heterocycles. The summed E-state index contributed by atoms with van der Waals surface area (Å²) in [6.07, 6.45) is 1.66. The van der Waals surface area contributed by atoms with Crippen LogP contribution < -0.4 is 10.1 Å². The Labute approximate surface area is 181 Å². The lowest BCUT2D eigenvalue weighted by Crippen LogP contribution is -2.12. The smallest absolute Gasteiger partial charge is 0.255 e. The molecule has 0 unspecified atom stereocenters. The third-order valence-electron chi connectivity index (χ3n) is 4.74. The second-order valence-corrected chi connectivity index (χ2v) is 7.54. The second kappa shape index (κ2) is 8.79. The fourth-order valence-electron chi connectivity index (χ4n) is 3.31. The first-order valence-electron chi connectivity index (χ1n) is 10.0. The number of carbonyl (C=O) groups excluding carboxylic acids is 1. The van der Waals surface area contributed by atoms with Gasteiger partial charge in [-0.15, -0.1) is 0 Å². The number of ether oxygens (including phenoxy) is 1. The van der Waals surface area contributed by atoms with Crippen molar-refractivity contribution in [2.75, 3.05) is 5.32 Å². The van der Waals surface area contributed by atoms with E-state index in [0.717, 1.165) is 22.4 Å². The minimum atomic E-state index is -0.196. The summed E-state index contributed by atoms with van der Waals surface area (Å²) in [6.45, 7) is 6.04. The highest BCUT2D eigenvalue weighted by Gasteiger charge is 2.10. The minimum Gasteiger partial charge on any atom is -0.439 e. The summed E-state index contributed by atoms with van der Waals surface area (Å²) in [5, 5.41) is 2.95. The molecule has 31 heavy (non-hydrogen) atoms. The number of nitrogens with one attached hydrogen (secondary N) is 1. The molecule has 0 aliphatic carbocycles. The van der Waals surface area contributed by atoms with Crippen molar-refractivity contribution in [2.24, 2.45) is 0 Å². The molecule has 154 valence electrons. The van der Waals surface area contributed by atoms with Crippen molar-refractivity contribution in [1.29, 1.82) is 0 Å². The maximum Gasteiger partial charge on any atom is 0.255 e. The van der Waals surface area contributed by atoms with Crippen molar-refractivity contribution in [1.82, 2.24) is 9.97 Å². The van der Waals surface area contributed by atoms with E-state index in [-0.39, 0.29) is 5.91 Å². The SMILES string of the molecule is Cc1ccc(-c2nccc(Oc3cccc(C(=O)Nc4cc(C)cc(C)c4)c3)n2)cc1. The van der Waals surface area contributed by atoms with E-state index in [1.165, 1.54) is 5.56 Å². The molecule has 0 atom stereocenters. The van der Waals surface area contributed by atoms with Crippen molar-refractivity contribution >= 4 is 11.6 Å². The molecule has 5 heteroatoms. The van der Waals surface area contributed by atoms with E-state index >= 15 is 0 Å². The Kier molecular flexibility index (Phi) is 5.76. The fraction of sp³-hybridized carbons (Fsp3) is 0.115. The number of aromatic nitrogens is 2. The quantitative estimate of drug-likeness (QED) is 0.432. The van der Waals surface area contributed by atoms with Gasteiger partial charge < -0.3 is 10.1 Å².